The number of carbonyl (C=O) groups is 1. The molecule has 0 heterocycles. The van der Waals surface area contributed by atoms with Gasteiger partial charge in [-0.05, 0) is 54.8 Å². The van der Waals surface area contributed by atoms with E-state index >= 15 is 0 Å². The molecule has 0 spiro atoms. The normalized spacial score (nSPS) is 11.5. The minimum absolute atomic E-state index is 0.127. The highest BCUT2D eigenvalue weighted by Crippen LogP contribution is 2.23. The number of anilines is 1. The maximum absolute atomic E-state index is 14.5. The molecule has 31 heavy (non-hydrogen) atoms. The van der Waals surface area contributed by atoms with E-state index in [0.29, 0.717) is 5.69 Å². The Labute approximate surface area is 182 Å². The average molecular weight is 441 g/mol. The lowest BCUT2D eigenvalue weighted by Gasteiger charge is -2.21. The zero-order valence-electron chi connectivity index (χ0n) is 17.7. The van der Waals surface area contributed by atoms with Crippen molar-refractivity contribution in [3.8, 4) is 0 Å². The number of rotatable bonds is 7. The van der Waals surface area contributed by atoms with Crippen molar-refractivity contribution in [3.05, 3.63) is 94.8 Å². The second kappa shape index (κ2) is 9.41. The molecule has 0 atom stereocenters. The molecular weight excluding hydrogens is 415 g/mol. The predicted molar refractivity (Wildman–Crippen MR) is 120 cm³/mol. The second-order valence-corrected chi connectivity index (χ2v) is 9.27. The van der Waals surface area contributed by atoms with Gasteiger partial charge in [-0.3, -0.25) is 4.79 Å². The number of hydrogen-bond donors (Lipinski definition) is 1. The van der Waals surface area contributed by atoms with Crippen LogP contribution in [0.1, 0.15) is 34.0 Å². The van der Waals surface area contributed by atoms with Crippen LogP contribution in [0, 0.1) is 19.7 Å². The summed E-state index contributed by atoms with van der Waals surface area (Å²) in [6.45, 7) is 5.86. The maximum Gasteiger partial charge on any atom is 0.258 e. The van der Waals surface area contributed by atoms with E-state index in [0.717, 1.165) is 28.8 Å². The number of hydrogen-bond acceptors (Lipinski definition) is 3. The third-order valence-corrected chi connectivity index (χ3v) is 6.93. The van der Waals surface area contributed by atoms with Gasteiger partial charge in [-0.15, -0.1) is 0 Å². The molecule has 0 aliphatic rings. The third-order valence-electron chi connectivity index (χ3n) is 5.02. The van der Waals surface area contributed by atoms with Crippen molar-refractivity contribution < 1.29 is 17.6 Å². The Balaban J connectivity index is 1.91. The fourth-order valence-electron chi connectivity index (χ4n) is 3.20. The van der Waals surface area contributed by atoms with Gasteiger partial charge in [0.15, 0.2) is 0 Å². The van der Waals surface area contributed by atoms with Crippen LogP contribution in [0.3, 0.4) is 0 Å². The largest absolute Gasteiger partial charge is 0.322 e. The number of sulfonamides is 1. The van der Waals surface area contributed by atoms with Gasteiger partial charge in [-0.25, -0.2) is 12.8 Å². The van der Waals surface area contributed by atoms with Crippen molar-refractivity contribution in [2.24, 2.45) is 0 Å². The van der Waals surface area contributed by atoms with Gasteiger partial charge >= 0.3 is 0 Å². The van der Waals surface area contributed by atoms with E-state index in [2.05, 4.69) is 5.32 Å². The topological polar surface area (TPSA) is 66.5 Å². The van der Waals surface area contributed by atoms with Gasteiger partial charge in [0, 0.05) is 18.8 Å². The fourth-order valence-corrected chi connectivity index (χ4v) is 4.67. The van der Waals surface area contributed by atoms with Crippen LogP contribution in [0.25, 0.3) is 0 Å². The summed E-state index contributed by atoms with van der Waals surface area (Å²) in [7, 11) is -3.92. The Morgan fingerprint density at radius 2 is 1.71 bits per heavy atom. The fraction of sp³-hybridized carbons (Fsp3) is 0.208. The Bertz CT molecular complexity index is 1190. The van der Waals surface area contributed by atoms with Crippen molar-refractivity contribution >= 4 is 21.6 Å². The first kappa shape index (κ1) is 22.7. The number of aryl methyl sites for hydroxylation is 2. The molecule has 0 aliphatic carbocycles. The van der Waals surface area contributed by atoms with Crippen LogP contribution in [-0.4, -0.2) is 25.2 Å². The quantitative estimate of drug-likeness (QED) is 0.568. The minimum atomic E-state index is -3.92. The molecule has 0 saturated heterocycles. The highest BCUT2D eigenvalue weighted by Gasteiger charge is 2.25. The van der Waals surface area contributed by atoms with Crippen molar-refractivity contribution in [2.75, 3.05) is 11.9 Å². The number of carbonyl (C=O) groups excluding carboxylic acids is 1. The van der Waals surface area contributed by atoms with E-state index in [1.807, 2.05) is 56.3 Å². The molecule has 5 nitrogen and oxygen atoms in total. The number of halogens is 1. The maximum atomic E-state index is 14.5. The summed E-state index contributed by atoms with van der Waals surface area (Å²) in [5.74, 6) is -1.48. The highest BCUT2D eigenvalue weighted by molar-refractivity contribution is 7.89. The SMILES string of the molecule is CCN(Cc1ccccc1)S(=O)(=O)c1ccc(F)c(C(=O)Nc2cc(C)ccc2C)c1. The van der Waals surface area contributed by atoms with Gasteiger partial charge in [-0.2, -0.15) is 4.31 Å². The Morgan fingerprint density at radius 1 is 1.00 bits per heavy atom. The van der Waals surface area contributed by atoms with Gasteiger partial charge in [0.05, 0.1) is 10.5 Å². The van der Waals surface area contributed by atoms with Gasteiger partial charge < -0.3 is 5.32 Å². The summed E-state index contributed by atoms with van der Waals surface area (Å²) in [4.78, 5) is 12.6. The van der Waals surface area contributed by atoms with Crippen LogP contribution in [0.2, 0.25) is 0 Å². The standard InChI is InChI=1S/C24H25FN2O3S/c1-4-27(16-19-8-6-5-7-9-19)31(29,30)20-12-13-22(25)21(15-20)24(28)26-23-14-17(2)10-11-18(23)3/h5-15H,4,16H2,1-3H3,(H,26,28). The molecule has 0 unspecified atom stereocenters. The number of amides is 1. The van der Waals surface area contributed by atoms with E-state index in [4.69, 9.17) is 0 Å². The van der Waals surface area contributed by atoms with Crippen LogP contribution < -0.4 is 5.32 Å². The van der Waals surface area contributed by atoms with Crippen LogP contribution in [-0.2, 0) is 16.6 Å². The van der Waals surface area contributed by atoms with Crippen molar-refractivity contribution in [3.63, 3.8) is 0 Å². The summed E-state index contributed by atoms with van der Waals surface area (Å²) in [5.41, 5.74) is 2.83. The number of nitrogens with zero attached hydrogens (tertiary/aromatic N) is 1. The van der Waals surface area contributed by atoms with Gasteiger partial charge in [0.25, 0.3) is 5.91 Å². The number of nitrogens with one attached hydrogen (secondary N) is 1. The Hall–Kier alpha value is -3.03. The number of benzene rings is 3. The van der Waals surface area contributed by atoms with Gasteiger partial charge in [0.1, 0.15) is 5.82 Å². The molecule has 0 radical (unpaired) electrons. The minimum Gasteiger partial charge on any atom is -0.322 e. The summed E-state index contributed by atoms with van der Waals surface area (Å²) in [6.07, 6.45) is 0. The van der Waals surface area contributed by atoms with Crippen LogP contribution in [0.15, 0.2) is 71.6 Å². The lowest BCUT2D eigenvalue weighted by molar-refractivity contribution is 0.102. The zero-order chi connectivity index (χ0) is 22.6. The lowest BCUT2D eigenvalue weighted by atomic mass is 10.1. The molecule has 1 N–H and O–H groups in total. The molecule has 162 valence electrons. The monoisotopic (exact) mass is 440 g/mol. The van der Waals surface area contributed by atoms with Gasteiger partial charge in [-0.1, -0.05) is 49.4 Å². The van der Waals surface area contributed by atoms with Crippen molar-refractivity contribution in [1.29, 1.82) is 0 Å². The second-order valence-electron chi connectivity index (χ2n) is 7.33. The van der Waals surface area contributed by atoms with Crippen molar-refractivity contribution in [2.45, 2.75) is 32.2 Å². The lowest BCUT2D eigenvalue weighted by Crippen LogP contribution is -2.30. The average Bonchev–Trinajstić information content (AvgIpc) is 2.75. The van der Waals surface area contributed by atoms with E-state index in [9.17, 15) is 17.6 Å². The molecule has 3 aromatic rings. The first-order valence-electron chi connectivity index (χ1n) is 9.94. The summed E-state index contributed by atoms with van der Waals surface area (Å²) < 4.78 is 42.1. The molecule has 0 saturated carbocycles. The van der Waals surface area contributed by atoms with E-state index in [1.54, 1.807) is 13.0 Å². The molecule has 7 heteroatoms. The smallest absolute Gasteiger partial charge is 0.258 e. The molecule has 0 aliphatic heterocycles. The third kappa shape index (κ3) is 5.18. The van der Waals surface area contributed by atoms with E-state index in [1.165, 1.54) is 10.4 Å². The van der Waals surface area contributed by atoms with E-state index < -0.39 is 21.7 Å². The highest BCUT2D eigenvalue weighted by atomic mass is 32.2. The first-order chi connectivity index (χ1) is 14.7. The molecule has 3 rings (SSSR count). The Kier molecular flexibility index (Phi) is 6.87. The molecular formula is C24H25FN2O3S. The molecule has 1 amide bonds. The molecule has 0 fully saturated rings. The summed E-state index contributed by atoms with van der Waals surface area (Å²) in [5, 5.41) is 2.68. The predicted octanol–water partition coefficient (Wildman–Crippen LogP) is 4.91. The molecule has 0 aromatic heterocycles. The van der Waals surface area contributed by atoms with Gasteiger partial charge in [0.2, 0.25) is 10.0 Å². The van der Waals surface area contributed by atoms with Crippen molar-refractivity contribution in [1.82, 2.24) is 4.31 Å². The zero-order valence-corrected chi connectivity index (χ0v) is 18.5. The summed E-state index contributed by atoms with van der Waals surface area (Å²) >= 11 is 0. The van der Waals surface area contributed by atoms with Crippen LogP contribution in [0.5, 0.6) is 0 Å². The first-order valence-corrected chi connectivity index (χ1v) is 11.4. The molecule has 0 bridgehead atoms. The Morgan fingerprint density at radius 3 is 2.39 bits per heavy atom. The van der Waals surface area contributed by atoms with E-state index in [-0.39, 0.29) is 23.5 Å². The summed E-state index contributed by atoms with van der Waals surface area (Å²) in [6, 6.07) is 18.0. The van der Waals surface area contributed by atoms with Crippen LogP contribution >= 0.6 is 0 Å². The molecule has 3 aromatic carbocycles. The van der Waals surface area contributed by atoms with Crippen LogP contribution in [0.4, 0.5) is 10.1 Å².